The van der Waals surface area contributed by atoms with Crippen molar-refractivity contribution in [2.75, 3.05) is 10.8 Å². The van der Waals surface area contributed by atoms with Gasteiger partial charge < -0.3 is 10.2 Å². The van der Waals surface area contributed by atoms with Crippen molar-refractivity contribution < 1.29 is 31.2 Å². The second kappa shape index (κ2) is 14.6. The largest absolute Gasteiger partial charge is 0.416 e. The highest BCUT2D eigenvalue weighted by Crippen LogP contribution is 2.33. The minimum Gasteiger partial charge on any atom is -0.352 e. The zero-order valence-corrected chi connectivity index (χ0v) is 26.6. The maximum atomic E-state index is 14.4. The van der Waals surface area contributed by atoms with E-state index in [9.17, 15) is 31.2 Å². The minimum absolute atomic E-state index is 0.0453. The minimum atomic E-state index is -4.76. The zero-order valence-electron chi connectivity index (χ0n) is 25.7. The summed E-state index contributed by atoms with van der Waals surface area (Å²) < 4.78 is 69.9. The Kier molecular flexibility index (Phi) is 10.9. The van der Waals surface area contributed by atoms with E-state index < -0.39 is 46.2 Å². The van der Waals surface area contributed by atoms with E-state index in [0.29, 0.717) is 10.4 Å². The lowest BCUT2D eigenvalue weighted by Gasteiger charge is -2.34. The highest BCUT2D eigenvalue weighted by Gasteiger charge is 2.36. The fourth-order valence-corrected chi connectivity index (χ4v) is 6.42. The number of nitrogens with zero attached hydrogens (tertiary/aromatic N) is 2. The SMILES string of the molecule is Cc1ccccc1CN(C(=O)CN(c1cccc(C(F)(F)F)c1)S(=O)(=O)c1ccccc1)C(Cc1ccccc1)C(=O)NC(C)C. The van der Waals surface area contributed by atoms with Crippen molar-refractivity contribution >= 4 is 27.5 Å². The predicted octanol–water partition coefficient (Wildman–Crippen LogP) is 6.37. The first-order chi connectivity index (χ1) is 21.8. The lowest BCUT2D eigenvalue weighted by atomic mass is 10.0. The molecule has 0 aliphatic carbocycles. The molecule has 0 saturated carbocycles. The fraction of sp³-hybridized carbons (Fsp3) is 0.257. The number of hydrogen-bond donors (Lipinski definition) is 1. The van der Waals surface area contributed by atoms with Crippen LogP contribution in [-0.2, 0) is 38.8 Å². The predicted molar refractivity (Wildman–Crippen MR) is 171 cm³/mol. The molecule has 0 saturated heterocycles. The van der Waals surface area contributed by atoms with E-state index in [0.717, 1.165) is 28.8 Å². The summed E-state index contributed by atoms with van der Waals surface area (Å²) in [6.45, 7) is 4.52. The van der Waals surface area contributed by atoms with Crippen LogP contribution in [0.5, 0.6) is 0 Å². The van der Waals surface area contributed by atoms with Gasteiger partial charge in [-0.05, 0) is 67.8 Å². The Morgan fingerprint density at radius 1 is 0.826 bits per heavy atom. The van der Waals surface area contributed by atoms with Gasteiger partial charge in [-0.15, -0.1) is 0 Å². The first-order valence-electron chi connectivity index (χ1n) is 14.7. The lowest BCUT2D eigenvalue weighted by Crippen LogP contribution is -2.54. The van der Waals surface area contributed by atoms with Crippen molar-refractivity contribution in [1.29, 1.82) is 0 Å². The molecule has 11 heteroatoms. The van der Waals surface area contributed by atoms with Crippen LogP contribution in [0.15, 0.2) is 114 Å². The fourth-order valence-electron chi connectivity index (χ4n) is 4.99. The molecule has 242 valence electrons. The van der Waals surface area contributed by atoms with Crippen LogP contribution in [0, 0.1) is 6.92 Å². The summed E-state index contributed by atoms with van der Waals surface area (Å²) in [6.07, 6.45) is -4.64. The molecule has 0 aliphatic heterocycles. The highest BCUT2D eigenvalue weighted by atomic mass is 32.2. The zero-order chi connectivity index (χ0) is 33.5. The van der Waals surface area contributed by atoms with E-state index in [4.69, 9.17) is 0 Å². The summed E-state index contributed by atoms with van der Waals surface area (Å²) in [5, 5.41) is 2.87. The molecule has 2 amide bonds. The number of halogens is 3. The molecule has 0 aromatic heterocycles. The van der Waals surface area contributed by atoms with Gasteiger partial charge in [-0.1, -0.05) is 78.9 Å². The van der Waals surface area contributed by atoms with Crippen LogP contribution in [0.2, 0.25) is 0 Å². The third kappa shape index (κ3) is 8.54. The van der Waals surface area contributed by atoms with Gasteiger partial charge in [0.2, 0.25) is 11.8 Å². The van der Waals surface area contributed by atoms with Gasteiger partial charge in [-0.2, -0.15) is 13.2 Å². The number of sulfonamides is 1. The number of rotatable bonds is 12. The van der Waals surface area contributed by atoms with Gasteiger partial charge in [0.1, 0.15) is 12.6 Å². The molecule has 7 nitrogen and oxygen atoms in total. The molecule has 4 aromatic rings. The number of aryl methyl sites for hydroxylation is 1. The Morgan fingerprint density at radius 3 is 2.04 bits per heavy atom. The van der Waals surface area contributed by atoms with Crippen molar-refractivity contribution in [3.8, 4) is 0 Å². The average Bonchev–Trinajstić information content (AvgIpc) is 3.02. The third-order valence-electron chi connectivity index (χ3n) is 7.38. The summed E-state index contributed by atoms with van der Waals surface area (Å²) >= 11 is 0. The number of hydrogen-bond acceptors (Lipinski definition) is 4. The van der Waals surface area contributed by atoms with Gasteiger partial charge in [-0.3, -0.25) is 13.9 Å². The summed E-state index contributed by atoms with van der Waals surface area (Å²) in [5.41, 5.74) is 0.924. The van der Waals surface area contributed by atoms with Crippen LogP contribution in [0.1, 0.15) is 36.1 Å². The van der Waals surface area contributed by atoms with Crippen LogP contribution in [0.4, 0.5) is 18.9 Å². The molecule has 0 heterocycles. The van der Waals surface area contributed by atoms with Crippen LogP contribution in [0.3, 0.4) is 0 Å². The van der Waals surface area contributed by atoms with E-state index in [1.807, 2.05) is 49.4 Å². The van der Waals surface area contributed by atoms with E-state index in [2.05, 4.69) is 5.32 Å². The van der Waals surface area contributed by atoms with Gasteiger partial charge >= 0.3 is 6.18 Å². The van der Waals surface area contributed by atoms with Crippen molar-refractivity contribution in [3.63, 3.8) is 0 Å². The molecule has 4 aromatic carbocycles. The first-order valence-corrected chi connectivity index (χ1v) is 16.1. The quantitative estimate of drug-likeness (QED) is 0.193. The second-order valence-corrected chi connectivity index (χ2v) is 13.1. The van der Waals surface area contributed by atoms with Crippen LogP contribution in [0.25, 0.3) is 0 Å². The third-order valence-corrected chi connectivity index (χ3v) is 9.16. The Balaban J connectivity index is 1.85. The van der Waals surface area contributed by atoms with Crippen LogP contribution in [-0.4, -0.2) is 43.8 Å². The smallest absolute Gasteiger partial charge is 0.352 e. The maximum Gasteiger partial charge on any atom is 0.416 e. The highest BCUT2D eigenvalue weighted by molar-refractivity contribution is 7.92. The van der Waals surface area contributed by atoms with Gasteiger partial charge in [0.25, 0.3) is 10.0 Å². The topological polar surface area (TPSA) is 86.8 Å². The number of nitrogens with one attached hydrogen (secondary N) is 1. The first kappa shape index (κ1) is 34.2. The number of amides is 2. The van der Waals surface area contributed by atoms with Gasteiger partial charge in [0.15, 0.2) is 0 Å². The number of anilines is 1. The standard InChI is InChI=1S/C35H36F3N3O4S/c1-25(2)39-34(43)32(21-27-14-6-4-7-15-27)40(23-28-16-11-10-13-26(28)3)33(42)24-41(46(44,45)31-19-8-5-9-20-31)30-18-12-17-29(22-30)35(36,37)38/h4-20,22,25,32H,21,23-24H2,1-3H3,(H,39,43). The summed E-state index contributed by atoms with van der Waals surface area (Å²) in [7, 11) is -4.53. The lowest BCUT2D eigenvalue weighted by molar-refractivity contribution is -0.140. The molecule has 0 bridgehead atoms. The molecule has 1 unspecified atom stereocenters. The molecule has 46 heavy (non-hydrogen) atoms. The average molecular weight is 652 g/mol. The molecule has 1 N–H and O–H groups in total. The Bertz CT molecular complexity index is 1750. The molecule has 4 rings (SSSR count). The Labute approximate surface area is 267 Å². The molecule has 1 atom stereocenters. The molecular weight excluding hydrogens is 615 g/mol. The molecular formula is C35H36F3N3O4S. The monoisotopic (exact) mass is 651 g/mol. The van der Waals surface area contributed by atoms with Crippen molar-refractivity contribution in [2.24, 2.45) is 0 Å². The number of carbonyl (C=O) groups excluding carboxylic acids is 2. The molecule has 0 radical (unpaired) electrons. The van der Waals surface area contributed by atoms with E-state index in [-0.39, 0.29) is 29.6 Å². The second-order valence-electron chi connectivity index (χ2n) is 11.2. The van der Waals surface area contributed by atoms with Crippen molar-refractivity contribution in [2.45, 2.75) is 56.9 Å². The van der Waals surface area contributed by atoms with Gasteiger partial charge in [0.05, 0.1) is 16.1 Å². The van der Waals surface area contributed by atoms with Crippen LogP contribution >= 0.6 is 0 Å². The number of alkyl halides is 3. The summed E-state index contributed by atoms with van der Waals surface area (Å²) in [4.78, 5) is 29.3. The van der Waals surface area contributed by atoms with Gasteiger partial charge in [-0.25, -0.2) is 8.42 Å². The summed E-state index contributed by atoms with van der Waals surface area (Å²) in [6, 6.07) is 26.0. The molecule has 0 fully saturated rings. The summed E-state index contributed by atoms with van der Waals surface area (Å²) in [5.74, 6) is -1.21. The van der Waals surface area contributed by atoms with Gasteiger partial charge in [0, 0.05) is 19.0 Å². The Hall–Kier alpha value is -4.64. The van der Waals surface area contributed by atoms with E-state index in [1.54, 1.807) is 32.0 Å². The van der Waals surface area contributed by atoms with E-state index in [1.165, 1.54) is 35.2 Å². The normalized spacial score (nSPS) is 12.4. The van der Waals surface area contributed by atoms with E-state index >= 15 is 0 Å². The molecule has 0 spiro atoms. The number of carbonyl (C=O) groups is 2. The number of benzene rings is 4. The Morgan fingerprint density at radius 2 is 1.43 bits per heavy atom. The maximum absolute atomic E-state index is 14.4. The van der Waals surface area contributed by atoms with Crippen LogP contribution < -0.4 is 9.62 Å². The van der Waals surface area contributed by atoms with Crippen molar-refractivity contribution in [3.05, 3.63) is 131 Å². The van der Waals surface area contributed by atoms with Crippen molar-refractivity contribution in [1.82, 2.24) is 10.2 Å². The molecule has 0 aliphatic rings.